The Kier molecular flexibility index (Phi) is 5.04. The molecule has 0 aromatic heterocycles. The molecule has 31 heavy (non-hydrogen) atoms. The summed E-state index contributed by atoms with van der Waals surface area (Å²) >= 11 is 6.03. The number of alkyl halides is 3. The number of benzene rings is 2. The number of fused-ring (bicyclic) bond motifs is 1. The molecule has 2 unspecified atom stereocenters. The summed E-state index contributed by atoms with van der Waals surface area (Å²) in [5.41, 5.74) is -0.965. The quantitative estimate of drug-likeness (QED) is 0.659. The van der Waals surface area contributed by atoms with E-state index in [1.54, 1.807) is 18.2 Å². The van der Waals surface area contributed by atoms with Crippen molar-refractivity contribution in [1.29, 1.82) is 0 Å². The van der Waals surface area contributed by atoms with Gasteiger partial charge in [-0.15, -0.1) is 0 Å². The van der Waals surface area contributed by atoms with Gasteiger partial charge in [-0.2, -0.15) is 13.2 Å². The molecule has 1 fully saturated rings. The molecule has 0 saturated carbocycles. The minimum absolute atomic E-state index is 0.102. The van der Waals surface area contributed by atoms with Gasteiger partial charge in [0, 0.05) is 5.56 Å². The Morgan fingerprint density at radius 2 is 1.81 bits per heavy atom. The second kappa shape index (κ2) is 7.45. The van der Waals surface area contributed by atoms with Gasteiger partial charge in [0.2, 0.25) is 12.0 Å². The monoisotopic (exact) mass is 454 g/mol. The fraction of sp³-hybridized carbons (Fsp3) is 0.250. The zero-order valence-corrected chi connectivity index (χ0v) is 16.8. The van der Waals surface area contributed by atoms with Crippen LogP contribution in [0, 0.1) is 5.92 Å². The first kappa shape index (κ1) is 21.0. The molecule has 2 aliphatic heterocycles. The fourth-order valence-corrected chi connectivity index (χ4v) is 3.71. The van der Waals surface area contributed by atoms with Crippen LogP contribution in [0.1, 0.15) is 11.1 Å². The molecule has 0 aliphatic carbocycles. The van der Waals surface area contributed by atoms with E-state index < -0.39 is 35.6 Å². The van der Waals surface area contributed by atoms with Crippen LogP contribution < -0.4 is 14.4 Å². The van der Waals surface area contributed by atoms with Crippen molar-refractivity contribution in [3.63, 3.8) is 0 Å². The molecular weight excluding hydrogens is 441 g/mol. The molecule has 0 bridgehead atoms. The van der Waals surface area contributed by atoms with E-state index in [1.807, 2.05) is 0 Å². The maximum absolute atomic E-state index is 13.2. The van der Waals surface area contributed by atoms with Gasteiger partial charge in [0.05, 0.1) is 30.5 Å². The number of methoxy groups -OCH3 is 2. The Morgan fingerprint density at radius 1 is 1.06 bits per heavy atom. The highest BCUT2D eigenvalue weighted by Crippen LogP contribution is 2.41. The molecule has 0 N–H and O–H groups in total. The van der Waals surface area contributed by atoms with E-state index in [0.29, 0.717) is 28.0 Å². The van der Waals surface area contributed by atoms with Crippen LogP contribution in [0.3, 0.4) is 0 Å². The van der Waals surface area contributed by atoms with Crippen molar-refractivity contribution in [2.45, 2.75) is 12.3 Å². The number of nitrogens with zero attached hydrogens (tertiary/aromatic N) is 2. The van der Waals surface area contributed by atoms with E-state index in [2.05, 4.69) is 5.16 Å². The van der Waals surface area contributed by atoms with Crippen LogP contribution in [0.4, 0.5) is 18.9 Å². The van der Waals surface area contributed by atoms with Gasteiger partial charge < -0.3 is 14.3 Å². The number of amides is 2. The summed E-state index contributed by atoms with van der Waals surface area (Å²) in [6.07, 6.45) is -6.01. The normalized spacial score (nSPS) is 20.5. The van der Waals surface area contributed by atoms with Crippen LogP contribution in [-0.2, 0) is 20.6 Å². The molecule has 4 rings (SSSR count). The second-order valence-electron chi connectivity index (χ2n) is 6.72. The average molecular weight is 455 g/mol. The van der Waals surface area contributed by atoms with Crippen molar-refractivity contribution in [3.05, 3.63) is 52.5 Å². The van der Waals surface area contributed by atoms with E-state index in [4.69, 9.17) is 25.9 Å². The molecule has 2 aliphatic rings. The lowest BCUT2D eigenvalue weighted by molar-refractivity contribution is -0.137. The van der Waals surface area contributed by atoms with Crippen molar-refractivity contribution in [2.75, 3.05) is 19.1 Å². The number of hydrogen-bond donors (Lipinski definition) is 0. The van der Waals surface area contributed by atoms with Crippen LogP contribution in [0.25, 0.3) is 0 Å². The third-order valence-electron chi connectivity index (χ3n) is 5.01. The minimum Gasteiger partial charge on any atom is -0.497 e. The number of oxime groups is 1. The summed E-state index contributed by atoms with van der Waals surface area (Å²) in [4.78, 5) is 31.9. The zero-order chi connectivity index (χ0) is 22.5. The Bertz CT molecular complexity index is 1120. The van der Waals surface area contributed by atoms with Gasteiger partial charge in [0.25, 0.3) is 5.91 Å². The Balaban J connectivity index is 1.76. The van der Waals surface area contributed by atoms with Crippen LogP contribution in [0.15, 0.2) is 41.6 Å². The highest BCUT2D eigenvalue weighted by molar-refractivity contribution is 6.38. The summed E-state index contributed by atoms with van der Waals surface area (Å²) < 4.78 is 49.9. The first-order valence-corrected chi connectivity index (χ1v) is 9.26. The van der Waals surface area contributed by atoms with E-state index in [0.717, 1.165) is 12.1 Å². The van der Waals surface area contributed by atoms with Crippen molar-refractivity contribution < 1.29 is 37.1 Å². The molecule has 2 atom stereocenters. The molecule has 1 saturated heterocycles. The molecular formula is C20H14ClF3N2O5. The summed E-state index contributed by atoms with van der Waals surface area (Å²) in [5, 5.41) is 3.69. The largest absolute Gasteiger partial charge is 0.497 e. The first-order chi connectivity index (χ1) is 14.7. The average Bonchev–Trinajstić information content (AvgIpc) is 3.27. The standard InChI is InChI=1S/C20H14ClF3N2O5/c1-29-10-4-6-14(30-2)11(8-10)16-15-17(31-25-16)19(28)26(18(15)27)13-7-9(20(22,23)24)3-5-12(13)21/h3-8,15,17H,1-2H3. The number of rotatable bonds is 4. The zero-order valence-electron chi connectivity index (χ0n) is 16.1. The lowest BCUT2D eigenvalue weighted by Crippen LogP contribution is -2.33. The van der Waals surface area contributed by atoms with Gasteiger partial charge in [0.1, 0.15) is 23.1 Å². The summed E-state index contributed by atoms with van der Waals surface area (Å²) in [7, 11) is 2.86. The predicted octanol–water partition coefficient (Wildman–Crippen LogP) is 3.67. The highest BCUT2D eigenvalue weighted by atomic mass is 35.5. The Morgan fingerprint density at radius 3 is 2.45 bits per heavy atom. The van der Waals surface area contributed by atoms with Crippen LogP contribution in [0.2, 0.25) is 5.02 Å². The van der Waals surface area contributed by atoms with Crippen molar-refractivity contribution >= 4 is 34.8 Å². The first-order valence-electron chi connectivity index (χ1n) is 8.88. The molecule has 11 heteroatoms. The van der Waals surface area contributed by atoms with Crippen molar-refractivity contribution in [3.8, 4) is 11.5 Å². The predicted molar refractivity (Wildman–Crippen MR) is 103 cm³/mol. The number of ether oxygens (including phenoxy) is 2. The summed E-state index contributed by atoms with van der Waals surface area (Å²) in [6.45, 7) is 0. The number of hydrogen-bond acceptors (Lipinski definition) is 6. The minimum atomic E-state index is -4.68. The topological polar surface area (TPSA) is 77.4 Å². The SMILES string of the molecule is COc1ccc(OC)c(C2=NOC3C(=O)N(c4cc(C(F)(F)F)ccc4Cl)C(=O)C23)c1. The Hall–Kier alpha value is -3.27. The van der Waals surface area contributed by atoms with E-state index >= 15 is 0 Å². The number of carbonyl (C=O) groups is 2. The molecule has 7 nitrogen and oxygen atoms in total. The van der Waals surface area contributed by atoms with Crippen molar-refractivity contribution in [2.24, 2.45) is 11.1 Å². The van der Waals surface area contributed by atoms with Gasteiger partial charge in [-0.25, -0.2) is 4.90 Å². The summed E-state index contributed by atoms with van der Waals surface area (Å²) in [6, 6.07) is 7.18. The van der Waals surface area contributed by atoms with E-state index in [9.17, 15) is 22.8 Å². The molecule has 2 heterocycles. The maximum atomic E-state index is 13.2. The molecule has 2 amide bonds. The molecule has 0 spiro atoms. The van der Waals surface area contributed by atoms with Gasteiger partial charge in [-0.05, 0) is 36.4 Å². The fourth-order valence-electron chi connectivity index (χ4n) is 3.51. The molecule has 0 radical (unpaired) electrons. The number of anilines is 1. The van der Waals surface area contributed by atoms with Crippen molar-refractivity contribution in [1.82, 2.24) is 0 Å². The number of imide groups is 1. The van der Waals surface area contributed by atoms with Crippen LogP contribution in [0.5, 0.6) is 11.5 Å². The second-order valence-corrected chi connectivity index (χ2v) is 7.13. The molecule has 162 valence electrons. The number of carbonyl (C=O) groups excluding carboxylic acids is 2. The van der Waals surface area contributed by atoms with Crippen LogP contribution >= 0.6 is 11.6 Å². The van der Waals surface area contributed by atoms with Gasteiger partial charge >= 0.3 is 6.18 Å². The highest BCUT2D eigenvalue weighted by Gasteiger charge is 2.57. The molecule has 2 aromatic carbocycles. The van der Waals surface area contributed by atoms with E-state index in [1.165, 1.54) is 14.2 Å². The summed E-state index contributed by atoms with van der Waals surface area (Å²) in [5.74, 6) is -2.07. The maximum Gasteiger partial charge on any atom is 0.416 e. The van der Waals surface area contributed by atoms with Gasteiger partial charge in [-0.1, -0.05) is 16.8 Å². The lowest BCUT2D eigenvalue weighted by atomic mass is 9.93. The van der Waals surface area contributed by atoms with Crippen LogP contribution in [-0.4, -0.2) is 37.8 Å². The lowest BCUT2D eigenvalue weighted by Gasteiger charge is -2.19. The van der Waals surface area contributed by atoms with E-state index in [-0.39, 0.29) is 16.4 Å². The molecule has 2 aromatic rings. The Labute approximate surface area is 178 Å². The van der Waals surface area contributed by atoms with Gasteiger partial charge in [-0.3, -0.25) is 9.59 Å². The third kappa shape index (κ3) is 3.36. The van der Waals surface area contributed by atoms with Gasteiger partial charge in [0.15, 0.2) is 0 Å². The third-order valence-corrected chi connectivity index (χ3v) is 5.33. The smallest absolute Gasteiger partial charge is 0.416 e. The number of halogens is 4.